The third-order valence-corrected chi connectivity index (χ3v) is 6.20. The number of aliphatic hydroxyl groups is 4. The number of aliphatic hydroxyl groups excluding tert-OH is 4. The van der Waals surface area contributed by atoms with Gasteiger partial charge in [0.1, 0.15) is 24.4 Å². The van der Waals surface area contributed by atoms with Crippen LogP contribution in [0.4, 0.5) is 8.78 Å². The summed E-state index contributed by atoms with van der Waals surface area (Å²) in [5.41, 5.74) is 3.18. The zero-order valence-electron chi connectivity index (χ0n) is 16.4. The number of benzene rings is 2. The lowest BCUT2D eigenvalue weighted by molar-refractivity contribution is -0.368. The highest BCUT2D eigenvalue weighted by molar-refractivity contribution is 6.31. The van der Waals surface area contributed by atoms with Crippen LogP contribution in [0.2, 0.25) is 5.02 Å². The number of alkyl halides is 2. The first-order valence-electron chi connectivity index (χ1n) is 9.89. The highest BCUT2D eigenvalue weighted by Gasteiger charge is 2.58. The van der Waals surface area contributed by atoms with Gasteiger partial charge < -0.3 is 29.9 Å². The summed E-state index contributed by atoms with van der Waals surface area (Å²) >= 11 is 6.44. The minimum absolute atomic E-state index is 0.0652. The van der Waals surface area contributed by atoms with Gasteiger partial charge in [-0.25, -0.2) is 8.78 Å². The van der Waals surface area contributed by atoms with Gasteiger partial charge in [0.25, 0.3) is 0 Å². The average Bonchev–Trinajstić information content (AvgIpc) is 3.08. The summed E-state index contributed by atoms with van der Waals surface area (Å²) in [6.07, 6.45) is -8.13. The SMILES string of the molecule is OC[C@H]1O[C@]2(OCc3cc(Cl)c(Cc4ccc(CC(F)F)cc4)cc32)[C@H](O)[C@@H](O)[C@@H]1O. The molecule has 2 aromatic carbocycles. The summed E-state index contributed by atoms with van der Waals surface area (Å²) in [4.78, 5) is 0. The molecule has 1 spiro atoms. The van der Waals surface area contributed by atoms with E-state index in [1.54, 1.807) is 36.4 Å². The number of halogens is 3. The molecule has 0 aromatic heterocycles. The van der Waals surface area contributed by atoms with Gasteiger partial charge in [-0.2, -0.15) is 0 Å². The largest absolute Gasteiger partial charge is 0.394 e. The fourth-order valence-corrected chi connectivity index (χ4v) is 4.43. The normalized spacial score (nSPS) is 30.2. The molecule has 1 saturated heterocycles. The Kier molecular flexibility index (Phi) is 6.33. The number of rotatable bonds is 5. The second-order valence-electron chi connectivity index (χ2n) is 7.91. The molecule has 0 amide bonds. The zero-order chi connectivity index (χ0) is 22.3. The summed E-state index contributed by atoms with van der Waals surface area (Å²) in [5.74, 6) is -1.75. The van der Waals surface area contributed by atoms with Gasteiger partial charge in [-0.1, -0.05) is 35.9 Å². The van der Waals surface area contributed by atoms with E-state index in [0.29, 0.717) is 33.7 Å². The molecule has 2 aromatic rings. The summed E-state index contributed by atoms with van der Waals surface area (Å²) in [6.45, 7) is -0.507. The maximum Gasteiger partial charge on any atom is 0.242 e. The molecule has 6 nitrogen and oxygen atoms in total. The van der Waals surface area contributed by atoms with E-state index in [-0.39, 0.29) is 13.0 Å². The van der Waals surface area contributed by atoms with Crippen molar-refractivity contribution in [1.29, 1.82) is 0 Å². The molecule has 0 saturated carbocycles. The number of ether oxygens (including phenoxy) is 2. The van der Waals surface area contributed by atoms with Gasteiger partial charge in [-0.3, -0.25) is 0 Å². The van der Waals surface area contributed by atoms with Gasteiger partial charge in [-0.05, 0) is 40.8 Å². The second kappa shape index (κ2) is 8.71. The average molecular weight is 457 g/mol. The van der Waals surface area contributed by atoms with Crippen LogP contribution in [-0.2, 0) is 34.7 Å². The molecule has 2 aliphatic heterocycles. The van der Waals surface area contributed by atoms with E-state index in [4.69, 9.17) is 21.1 Å². The highest BCUT2D eigenvalue weighted by Crippen LogP contribution is 2.47. The molecule has 31 heavy (non-hydrogen) atoms. The van der Waals surface area contributed by atoms with Crippen LogP contribution < -0.4 is 0 Å². The van der Waals surface area contributed by atoms with Crippen LogP contribution >= 0.6 is 11.6 Å². The Bertz CT molecular complexity index is 938. The lowest BCUT2D eigenvalue weighted by Gasteiger charge is -2.46. The maximum atomic E-state index is 12.5. The molecule has 9 heteroatoms. The minimum atomic E-state index is -2.41. The maximum absolute atomic E-state index is 12.5. The molecule has 2 heterocycles. The van der Waals surface area contributed by atoms with Gasteiger partial charge in [0, 0.05) is 17.0 Å². The van der Waals surface area contributed by atoms with Crippen molar-refractivity contribution in [3.8, 4) is 0 Å². The van der Waals surface area contributed by atoms with Crippen molar-refractivity contribution in [2.45, 2.75) is 56.1 Å². The number of fused-ring (bicyclic) bond motifs is 2. The second-order valence-corrected chi connectivity index (χ2v) is 8.32. The van der Waals surface area contributed by atoms with Crippen LogP contribution in [0.1, 0.15) is 27.8 Å². The molecular formula is C22H23ClF2O6. The van der Waals surface area contributed by atoms with E-state index in [2.05, 4.69) is 0 Å². The fourth-order valence-electron chi connectivity index (χ4n) is 4.18. The molecule has 5 atom stereocenters. The quantitative estimate of drug-likeness (QED) is 0.548. The molecule has 168 valence electrons. The van der Waals surface area contributed by atoms with Crippen molar-refractivity contribution >= 4 is 11.6 Å². The van der Waals surface area contributed by atoms with Gasteiger partial charge in [0.05, 0.1) is 13.2 Å². The van der Waals surface area contributed by atoms with Crippen LogP contribution in [0.15, 0.2) is 36.4 Å². The van der Waals surface area contributed by atoms with Crippen LogP contribution in [0.5, 0.6) is 0 Å². The number of hydrogen-bond donors (Lipinski definition) is 4. The van der Waals surface area contributed by atoms with Gasteiger partial charge in [-0.15, -0.1) is 0 Å². The molecule has 0 radical (unpaired) electrons. The summed E-state index contributed by atoms with van der Waals surface area (Å²) < 4.78 is 36.6. The van der Waals surface area contributed by atoms with Crippen molar-refractivity contribution < 1.29 is 38.7 Å². The van der Waals surface area contributed by atoms with Crippen molar-refractivity contribution in [1.82, 2.24) is 0 Å². The van der Waals surface area contributed by atoms with E-state index in [9.17, 15) is 29.2 Å². The predicted octanol–water partition coefficient (Wildman–Crippen LogP) is 1.90. The van der Waals surface area contributed by atoms with Crippen molar-refractivity contribution in [2.75, 3.05) is 6.61 Å². The van der Waals surface area contributed by atoms with Crippen molar-refractivity contribution in [3.05, 3.63) is 69.2 Å². The molecule has 2 aliphatic rings. The summed E-state index contributed by atoms with van der Waals surface area (Å²) in [5, 5.41) is 41.0. The third-order valence-electron chi connectivity index (χ3n) is 5.85. The third kappa shape index (κ3) is 4.09. The zero-order valence-corrected chi connectivity index (χ0v) is 17.2. The monoisotopic (exact) mass is 456 g/mol. The topological polar surface area (TPSA) is 99.4 Å². The van der Waals surface area contributed by atoms with Crippen molar-refractivity contribution in [2.24, 2.45) is 0 Å². The Morgan fingerprint density at radius 1 is 1.06 bits per heavy atom. The fraction of sp³-hybridized carbons (Fsp3) is 0.455. The molecular weight excluding hydrogens is 434 g/mol. The Morgan fingerprint density at radius 3 is 2.39 bits per heavy atom. The number of hydrogen-bond acceptors (Lipinski definition) is 6. The first-order chi connectivity index (χ1) is 14.7. The van der Waals surface area contributed by atoms with E-state index in [1.165, 1.54) is 0 Å². The van der Waals surface area contributed by atoms with E-state index >= 15 is 0 Å². The van der Waals surface area contributed by atoms with E-state index in [0.717, 1.165) is 5.56 Å². The molecule has 0 aliphatic carbocycles. The molecule has 4 N–H and O–H groups in total. The standard InChI is InChI=1S/C22H23ClF2O6/c23-16-8-14-10-30-22(21(29)20(28)19(27)17(9-26)31-22)15(14)7-13(16)5-11-1-3-12(4-2-11)6-18(24)25/h1-4,7-8,17-21,26-29H,5-6,9-10H2/t17-,19-,20+,21-,22+/m1/s1. The first-order valence-corrected chi connectivity index (χ1v) is 10.3. The molecule has 0 unspecified atom stereocenters. The summed E-state index contributed by atoms with van der Waals surface area (Å²) in [7, 11) is 0. The van der Waals surface area contributed by atoms with Gasteiger partial charge in [0.2, 0.25) is 12.2 Å². The Hall–Kier alpha value is -1.65. The predicted molar refractivity (Wildman–Crippen MR) is 107 cm³/mol. The van der Waals surface area contributed by atoms with Gasteiger partial charge >= 0.3 is 0 Å². The Balaban J connectivity index is 1.65. The molecule has 1 fully saturated rings. The highest BCUT2D eigenvalue weighted by atomic mass is 35.5. The smallest absolute Gasteiger partial charge is 0.242 e. The van der Waals surface area contributed by atoms with E-state index < -0.39 is 43.2 Å². The van der Waals surface area contributed by atoms with Crippen LogP contribution in [-0.4, -0.2) is 57.9 Å². The van der Waals surface area contributed by atoms with E-state index in [1.807, 2.05) is 0 Å². The minimum Gasteiger partial charge on any atom is -0.394 e. The van der Waals surface area contributed by atoms with Crippen LogP contribution in [0.25, 0.3) is 0 Å². The lowest BCUT2D eigenvalue weighted by Crippen LogP contribution is -2.63. The van der Waals surface area contributed by atoms with Crippen LogP contribution in [0.3, 0.4) is 0 Å². The Morgan fingerprint density at radius 2 is 1.74 bits per heavy atom. The molecule has 0 bridgehead atoms. The molecule has 4 rings (SSSR count). The van der Waals surface area contributed by atoms with Crippen molar-refractivity contribution in [3.63, 3.8) is 0 Å². The summed E-state index contributed by atoms with van der Waals surface area (Å²) in [6, 6.07) is 10.2. The Labute approximate surface area is 182 Å². The van der Waals surface area contributed by atoms with Crippen LogP contribution in [0, 0.1) is 0 Å². The van der Waals surface area contributed by atoms with Gasteiger partial charge in [0.15, 0.2) is 0 Å². The first kappa shape index (κ1) is 22.5. The lowest BCUT2D eigenvalue weighted by atomic mass is 9.86.